The summed E-state index contributed by atoms with van der Waals surface area (Å²) in [5.74, 6) is -5.48. The van der Waals surface area contributed by atoms with Crippen molar-refractivity contribution in [2.24, 2.45) is 5.73 Å². The standard InChI is InChI=1S/C14H24N4O8S/c1-5(11(22)18-10(6(2)19)14(25)26)16-13(24)8(4-27)17-12(23)7(15)3-9(20)21/h5-8,10,19,27H,3-4,15H2,1-2H3,(H,16,24)(H,17,23)(H,18,22)(H,20,21)(H,25,26). The number of aliphatic hydroxyl groups is 1. The Labute approximate surface area is 160 Å². The molecule has 0 aromatic carbocycles. The van der Waals surface area contributed by atoms with E-state index in [9.17, 15) is 29.1 Å². The molecule has 3 amide bonds. The molecule has 0 radical (unpaired) electrons. The Morgan fingerprint density at radius 2 is 1.52 bits per heavy atom. The van der Waals surface area contributed by atoms with Crippen LogP contribution in [0.1, 0.15) is 20.3 Å². The van der Waals surface area contributed by atoms with E-state index < -0.39 is 66.4 Å². The van der Waals surface area contributed by atoms with Gasteiger partial charge in [0, 0.05) is 5.75 Å². The first kappa shape index (κ1) is 24.6. The smallest absolute Gasteiger partial charge is 0.328 e. The summed E-state index contributed by atoms with van der Waals surface area (Å²) in [6, 6.07) is -5.33. The lowest BCUT2D eigenvalue weighted by Crippen LogP contribution is -2.58. The number of hydrogen-bond donors (Lipinski definition) is 8. The molecule has 5 atom stereocenters. The minimum absolute atomic E-state index is 0.170. The van der Waals surface area contributed by atoms with Crippen molar-refractivity contribution in [1.82, 2.24) is 16.0 Å². The van der Waals surface area contributed by atoms with Crippen LogP contribution in [0.3, 0.4) is 0 Å². The summed E-state index contributed by atoms with van der Waals surface area (Å²) in [5.41, 5.74) is 5.39. The maximum Gasteiger partial charge on any atom is 0.328 e. The molecule has 0 rings (SSSR count). The largest absolute Gasteiger partial charge is 0.481 e. The number of rotatable bonds is 11. The fraction of sp³-hybridized carbons (Fsp3) is 0.643. The lowest BCUT2D eigenvalue weighted by molar-refractivity contribution is -0.145. The highest BCUT2D eigenvalue weighted by Gasteiger charge is 2.29. The SMILES string of the molecule is CC(NC(=O)C(CS)NC(=O)C(N)CC(=O)O)C(=O)NC(C(=O)O)C(C)O. The number of carboxylic acids is 2. The first-order valence-corrected chi connectivity index (χ1v) is 8.44. The van der Waals surface area contributed by atoms with Gasteiger partial charge in [0.2, 0.25) is 17.7 Å². The molecule has 0 aromatic heterocycles. The van der Waals surface area contributed by atoms with Crippen LogP contribution in [0.5, 0.6) is 0 Å². The van der Waals surface area contributed by atoms with Crippen molar-refractivity contribution in [2.45, 2.75) is 50.5 Å². The molecular weight excluding hydrogens is 384 g/mol. The minimum atomic E-state index is -1.56. The zero-order valence-electron chi connectivity index (χ0n) is 14.7. The van der Waals surface area contributed by atoms with Crippen LogP contribution in [0.4, 0.5) is 0 Å². The maximum atomic E-state index is 12.1. The molecule has 12 nitrogen and oxygen atoms in total. The second-order valence-electron chi connectivity index (χ2n) is 5.74. The van der Waals surface area contributed by atoms with Crippen LogP contribution in [-0.4, -0.2) is 81.0 Å². The van der Waals surface area contributed by atoms with Gasteiger partial charge in [-0.2, -0.15) is 12.6 Å². The molecule has 0 fully saturated rings. The third kappa shape index (κ3) is 8.70. The Morgan fingerprint density at radius 3 is 1.93 bits per heavy atom. The molecule has 5 unspecified atom stereocenters. The van der Waals surface area contributed by atoms with Crippen molar-refractivity contribution in [3.63, 3.8) is 0 Å². The lowest BCUT2D eigenvalue weighted by atomic mass is 10.1. The molecule has 0 saturated heterocycles. The second kappa shape index (κ2) is 11.4. The van der Waals surface area contributed by atoms with E-state index in [1.54, 1.807) is 0 Å². The Kier molecular flexibility index (Phi) is 10.4. The van der Waals surface area contributed by atoms with Crippen LogP contribution < -0.4 is 21.7 Å². The number of amides is 3. The van der Waals surface area contributed by atoms with Crippen LogP contribution in [0, 0.1) is 0 Å². The Balaban J connectivity index is 4.81. The van der Waals surface area contributed by atoms with Gasteiger partial charge in [-0.3, -0.25) is 19.2 Å². The van der Waals surface area contributed by atoms with E-state index in [1.165, 1.54) is 13.8 Å². The second-order valence-corrected chi connectivity index (χ2v) is 6.11. The summed E-state index contributed by atoms with van der Waals surface area (Å²) in [7, 11) is 0. The highest BCUT2D eigenvalue weighted by Crippen LogP contribution is 1.97. The average molecular weight is 408 g/mol. The number of nitrogens with two attached hydrogens (primary N) is 1. The molecule has 0 heterocycles. The maximum absolute atomic E-state index is 12.1. The van der Waals surface area contributed by atoms with Gasteiger partial charge in [-0.1, -0.05) is 0 Å². The predicted molar refractivity (Wildman–Crippen MR) is 94.9 cm³/mol. The summed E-state index contributed by atoms with van der Waals surface area (Å²) in [6.45, 7) is 2.44. The van der Waals surface area contributed by atoms with E-state index in [-0.39, 0.29) is 5.75 Å². The molecule has 0 aromatic rings. The monoisotopic (exact) mass is 408 g/mol. The number of thiol groups is 1. The van der Waals surface area contributed by atoms with Crippen molar-refractivity contribution in [2.75, 3.05) is 5.75 Å². The average Bonchev–Trinajstić information content (AvgIpc) is 2.55. The number of nitrogens with one attached hydrogen (secondary N) is 3. The molecule has 0 aliphatic heterocycles. The normalized spacial score (nSPS) is 16.2. The highest BCUT2D eigenvalue weighted by atomic mass is 32.1. The first-order chi connectivity index (χ1) is 12.4. The predicted octanol–water partition coefficient (Wildman–Crippen LogP) is -3.34. The van der Waals surface area contributed by atoms with Gasteiger partial charge in [-0.15, -0.1) is 0 Å². The molecule has 0 saturated carbocycles. The summed E-state index contributed by atoms with van der Waals surface area (Å²) < 4.78 is 0. The van der Waals surface area contributed by atoms with Crippen molar-refractivity contribution >= 4 is 42.3 Å². The van der Waals surface area contributed by atoms with Gasteiger partial charge >= 0.3 is 11.9 Å². The Bertz CT molecular complexity index is 585. The van der Waals surface area contributed by atoms with E-state index in [4.69, 9.17) is 15.9 Å². The summed E-state index contributed by atoms with van der Waals surface area (Å²) in [6.07, 6.45) is -2.00. The fourth-order valence-corrected chi connectivity index (χ4v) is 2.06. The van der Waals surface area contributed by atoms with Crippen LogP contribution in [0.2, 0.25) is 0 Å². The zero-order valence-corrected chi connectivity index (χ0v) is 15.6. The van der Waals surface area contributed by atoms with Gasteiger partial charge < -0.3 is 37.0 Å². The fourth-order valence-electron chi connectivity index (χ4n) is 1.80. The van der Waals surface area contributed by atoms with E-state index in [0.717, 1.165) is 0 Å². The molecule has 0 aliphatic carbocycles. The van der Waals surface area contributed by atoms with Crippen LogP contribution >= 0.6 is 12.6 Å². The van der Waals surface area contributed by atoms with E-state index in [2.05, 4.69) is 28.6 Å². The van der Waals surface area contributed by atoms with Crippen molar-refractivity contribution in [3.05, 3.63) is 0 Å². The molecular formula is C14H24N4O8S. The first-order valence-electron chi connectivity index (χ1n) is 7.80. The van der Waals surface area contributed by atoms with Gasteiger partial charge in [0.25, 0.3) is 0 Å². The molecule has 0 spiro atoms. The van der Waals surface area contributed by atoms with Crippen LogP contribution in [0.15, 0.2) is 0 Å². The molecule has 0 bridgehead atoms. The summed E-state index contributed by atoms with van der Waals surface area (Å²) in [4.78, 5) is 57.4. The number of carbonyl (C=O) groups excluding carboxylic acids is 3. The van der Waals surface area contributed by atoms with Gasteiger partial charge in [0.15, 0.2) is 6.04 Å². The quantitative estimate of drug-likeness (QED) is 0.160. The number of carboxylic acid groups (broad SMARTS) is 2. The molecule has 13 heteroatoms. The number of carbonyl (C=O) groups is 5. The summed E-state index contributed by atoms with van der Waals surface area (Å²) >= 11 is 3.91. The minimum Gasteiger partial charge on any atom is -0.481 e. The van der Waals surface area contributed by atoms with Gasteiger partial charge in [0.05, 0.1) is 18.6 Å². The third-order valence-electron chi connectivity index (χ3n) is 3.35. The lowest BCUT2D eigenvalue weighted by Gasteiger charge is -2.23. The third-order valence-corrected chi connectivity index (χ3v) is 3.71. The van der Waals surface area contributed by atoms with Gasteiger partial charge in [-0.05, 0) is 13.8 Å². The van der Waals surface area contributed by atoms with E-state index in [1.807, 2.05) is 0 Å². The van der Waals surface area contributed by atoms with Crippen LogP contribution in [0.25, 0.3) is 0 Å². The number of aliphatic hydroxyl groups excluding tert-OH is 1. The molecule has 8 N–H and O–H groups in total. The topological polar surface area (TPSA) is 208 Å². The van der Waals surface area contributed by atoms with Gasteiger partial charge in [-0.25, -0.2) is 4.79 Å². The van der Waals surface area contributed by atoms with E-state index >= 15 is 0 Å². The molecule has 27 heavy (non-hydrogen) atoms. The zero-order chi connectivity index (χ0) is 21.3. The van der Waals surface area contributed by atoms with Crippen molar-refractivity contribution in [3.8, 4) is 0 Å². The van der Waals surface area contributed by atoms with E-state index in [0.29, 0.717) is 0 Å². The van der Waals surface area contributed by atoms with Crippen molar-refractivity contribution < 1.29 is 39.3 Å². The molecule has 0 aliphatic rings. The molecule has 154 valence electrons. The highest BCUT2D eigenvalue weighted by molar-refractivity contribution is 7.80. The number of aliphatic carboxylic acids is 2. The Hall–Kier alpha value is -2.38. The van der Waals surface area contributed by atoms with Crippen molar-refractivity contribution in [1.29, 1.82) is 0 Å². The number of hydrogen-bond acceptors (Lipinski definition) is 8. The van der Waals surface area contributed by atoms with Crippen LogP contribution in [-0.2, 0) is 24.0 Å². The summed E-state index contributed by atoms with van der Waals surface area (Å²) in [5, 5.41) is 33.4. The Morgan fingerprint density at radius 1 is 0.963 bits per heavy atom. The van der Waals surface area contributed by atoms with Gasteiger partial charge in [0.1, 0.15) is 12.1 Å².